The monoisotopic (exact) mass is 308 g/mol. The summed E-state index contributed by atoms with van der Waals surface area (Å²) in [6.45, 7) is 2.45. The van der Waals surface area contributed by atoms with Crippen molar-refractivity contribution in [2.75, 3.05) is 26.7 Å². The van der Waals surface area contributed by atoms with Crippen LogP contribution in [-0.2, 0) is 4.79 Å². The van der Waals surface area contributed by atoms with Gasteiger partial charge in [0.1, 0.15) is 11.8 Å². The molecule has 1 N–H and O–H groups in total. The fourth-order valence-electron chi connectivity index (χ4n) is 3.88. The summed E-state index contributed by atoms with van der Waals surface area (Å²) < 4.78 is 5.63. The van der Waals surface area contributed by atoms with Crippen molar-refractivity contribution in [2.24, 2.45) is 0 Å². The van der Waals surface area contributed by atoms with Crippen LogP contribution in [0.3, 0.4) is 0 Å². The Morgan fingerprint density at radius 2 is 1.96 bits per heavy atom. The molecule has 0 aliphatic carbocycles. The minimum Gasteiger partial charge on any atom is -0.496 e. The molecule has 1 fully saturated rings. The van der Waals surface area contributed by atoms with Gasteiger partial charge in [0.25, 0.3) is 0 Å². The predicted molar refractivity (Wildman–Crippen MR) is 88.6 cm³/mol. The fourth-order valence-corrected chi connectivity index (χ4v) is 3.88. The summed E-state index contributed by atoms with van der Waals surface area (Å²) in [7, 11) is 1.70. The first-order valence-corrected chi connectivity index (χ1v) is 8.03. The van der Waals surface area contributed by atoms with Crippen molar-refractivity contribution in [3.8, 4) is 5.75 Å². The minimum absolute atomic E-state index is 0.0947. The molecule has 118 valence electrons. The summed E-state index contributed by atoms with van der Waals surface area (Å²) in [6.07, 6.45) is 0. The maximum Gasteiger partial charge on any atom is 0.242 e. The zero-order chi connectivity index (χ0) is 15.8. The van der Waals surface area contributed by atoms with Crippen LogP contribution in [0.25, 0.3) is 0 Å². The number of methoxy groups -OCH3 is 1. The van der Waals surface area contributed by atoms with Gasteiger partial charge < -0.3 is 10.1 Å². The summed E-state index contributed by atoms with van der Waals surface area (Å²) in [5.74, 6) is 1.19. The SMILES string of the molecule is COc1cccc2c1C(c1ccccc1)CN1CCNC(=O)C21. The van der Waals surface area contributed by atoms with E-state index in [1.54, 1.807) is 7.11 Å². The second-order valence-corrected chi connectivity index (χ2v) is 6.11. The van der Waals surface area contributed by atoms with E-state index in [4.69, 9.17) is 4.74 Å². The van der Waals surface area contributed by atoms with Gasteiger partial charge in [0, 0.05) is 31.1 Å². The van der Waals surface area contributed by atoms with E-state index in [2.05, 4.69) is 40.5 Å². The Labute approximate surface area is 136 Å². The molecule has 4 heteroatoms. The van der Waals surface area contributed by atoms with Gasteiger partial charge in [-0.05, 0) is 17.2 Å². The molecule has 23 heavy (non-hydrogen) atoms. The van der Waals surface area contributed by atoms with Crippen molar-refractivity contribution >= 4 is 5.91 Å². The third kappa shape index (κ3) is 2.30. The molecular weight excluding hydrogens is 288 g/mol. The molecular formula is C19H20N2O2. The van der Waals surface area contributed by atoms with Crippen molar-refractivity contribution < 1.29 is 9.53 Å². The Balaban J connectivity index is 1.90. The molecule has 0 spiro atoms. The number of hydrogen-bond acceptors (Lipinski definition) is 3. The first kappa shape index (κ1) is 14.3. The maximum atomic E-state index is 12.4. The molecule has 0 bridgehead atoms. The highest BCUT2D eigenvalue weighted by Crippen LogP contribution is 2.44. The third-order valence-electron chi connectivity index (χ3n) is 4.89. The van der Waals surface area contributed by atoms with Crippen LogP contribution >= 0.6 is 0 Å². The molecule has 2 aliphatic heterocycles. The van der Waals surface area contributed by atoms with E-state index >= 15 is 0 Å². The molecule has 2 unspecified atom stereocenters. The summed E-state index contributed by atoms with van der Waals surface area (Å²) in [6, 6.07) is 16.3. The Bertz CT molecular complexity index is 729. The zero-order valence-corrected chi connectivity index (χ0v) is 13.2. The van der Waals surface area contributed by atoms with E-state index < -0.39 is 0 Å². The fraction of sp³-hybridized carbons (Fsp3) is 0.316. The lowest BCUT2D eigenvalue weighted by Gasteiger charge is -2.43. The predicted octanol–water partition coefficient (Wildman–Crippen LogP) is 2.31. The summed E-state index contributed by atoms with van der Waals surface area (Å²) in [4.78, 5) is 14.7. The molecule has 2 aromatic rings. The second-order valence-electron chi connectivity index (χ2n) is 6.11. The lowest BCUT2D eigenvalue weighted by molar-refractivity contribution is -0.129. The number of carbonyl (C=O) groups excluding carboxylic acids is 1. The van der Waals surface area contributed by atoms with Crippen LogP contribution in [0.15, 0.2) is 48.5 Å². The van der Waals surface area contributed by atoms with Crippen molar-refractivity contribution in [2.45, 2.75) is 12.0 Å². The van der Waals surface area contributed by atoms with Crippen molar-refractivity contribution in [3.05, 3.63) is 65.2 Å². The lowest BCUT2D eigenvalue weighted by atomic mass is 9.80. The number of nitrogens with zero attached hydrogens (tertiary/aromatic N) is 1. The first-order chi connectivity index (χ1) is 11.3. The highest BCUT2D eigenvalue weighted by Gasteiger charge is 2.40. The molecule has 2 aromatic carbocycles. The molecule has 1 amide bonds. The van der Waals surface area contributed by atoms with Gasteiger partial charge >= 0.3 is 0 Å². The average Bonchev–Trinajstić information content (AvgIpc) is 2.61. The smallest absolute Gasteiger partial charge is 0.242 e. The van der Waals surface area contributed by atoms with Gasteiger partial charge in [0.15, 0.2) is 0 Å². The van der Waals surface area contributed by atoms with Gasteiger partial charge in [-0.25, -0.2) is 0 Å². The van der Waals surface area contributed by atoms with Gasteiger partial charge in [-0.2, -0.15) is 0 Å². The minimum atomic E-state index is -0.200. The number of benzene rings is 2. The topological polar surface area (TPSA) is 41.6 Å². The van der Waals surface area contributed by atoms with E-state index in [1.165, 1.54) is 5.56 Å². The quantitative estimate of drug-likeness (QED) is 0.926. The summed E-state index contributed by atoms with van der Waals surface area (Å²) >= 11 is 0. The maximum absolute atomic E-state index is 12.4. The van der Waals surface area contributed by atoms with E-state index in [0.717, 1.165) is 36.5 Å². The number of hydrogen-bond donors (Lipinski definition) is 1. The Hall–Kier alpha value is -2.33. The van der Waals surface area contributed by atoms with Crippen LogP contribution in [0.5, 0.6) is 5.75 Å². The molecule has 0 radical (unpaired) electrons. The largest absolute Gasteiger partial charge is 0.496 e. The summed E-state index contributed by atoms with van der Waals surface area (Å²) in [5, 5.41) is 2.99. The van der Waals surface area contributed by atoms with E-state index in [0.29, 0.717) is 0 Å². The normalized spacial score (nSPS) is 23.6. The molecule has 4 rings (SSSR count). The van der Waals surface area contributed by atoms with E-state index in [9.17, 15) is 4.79 Å². The molecule has 0 saturated carbocycles. The van der Waals surface area contributed by atoms with Gasteiger partial charge in [0.2, 0.25) is 5.91 Å². The Kier molecular flexibility index (Phi) is 3.54. The number of amides is 1. The van der Waals surface area contributed by atoms with Crippen molar-refractivity contribution in [3.63, 3.8) is 0 Å². The standard InChI is InChI=1S/C19H20N2O2/c1-23-16-9-5-8-14-17(16)15(13-6-3-2-4-7-13)12-21-11-10-20-19(22)18(14)21/h2-9,15,18H,10-12H2,1H3,(H,20,22). The Morgan fingerprint density at radius 1 is 1.13 bits per heavy atom. The molecule has 0 aromatic heterocycles. The van der Waals surface area contributed by atoms with Crippen LogP contribution in [-0.4, -0.2) is 37.6 Å². The van der Waals surface area contributed by atoms with Gasteiger partial charge in [0.05, 0.1) is 7.11 Å². The van der Waals surface area contributed by atoms with Gasteiger partial charge in [-0.1, -0.05) is 42.5 Å². The highest BCUT2D eigenvalue weighted by atomic mass is 16.5. The van der Waals surface area contributed by atoms with Gasteiger partial charge in [-0.3, -0.25) is 9.69 Å². The number of fused-ring (bicyclic) bond motifs is 3. The van der Waals surface area contributed by atoms with E-state index in [1.807, 2.05) is 18.2 Å². The van der Waals surface area contributed by atoms with E-state index in [-0.39, 0.29) is 17.9 Å². The first-order valence-electron chi connectivity index (χ1n) is 8.03. The number of carbonyl (C=O) groups is 1. The van der Waals surface area contributed by atoms with Crippen LogP contribution < -0.4 is 10.1 Å². The number of nitrogens with one attached hydrogen (secondary N) is 1. The number of rotatable bonds is 2. The van der Waals surface area contributed by atoms with Crippen molar-refractivity contribution in [1.82, 2.24) is 10.2 Å². The molecule has 1 saturated heterocycles. The second kappa shape index (κ2) is 5.70. The third-order valence-corrected chi connectivity index (χ3v) is 4.89. The van der Waals surface area contributed by atoms with Crippen LogP contribution in [0.1, 0.15) is 28.7 Å². The van der Waals surface area contributed by atoms with Gasteiger partial charge in [-0.15, -0.1) is 0 Å². The molecule has 2 atom stereocenters. The van der Waals surface area contributed by atoms with Crippen LogP contribution in [0.4, 0.5) is 0 Å². The molecule has 2 aliphatic rings. The molecule has 4 nitrogen and oxygen atoms in total. The highest BCUT2D eigenvalue weighted by molar-refractivity contribution is 5.85. The van der Waals surface area contributed by atoms with Crippen molar-refractivity contribution in [1.29, 1.82) is 0 Å². The Morgan fingerprint density at radius 3 is 2.74 bits per heavy atom. The number of ether oxygens (including phenoxy) is 1. The molecule has 2 heterocycles. The zero-order valence-electron chi connectivity index (χ0n) is 13.2. The summed E-state index contributed by atoms with van der Waals surface area (Å²) in [5.41, 5.74) is 3.49. The number of piperazine rings is 1. The van der Waals surface area contributed by atoms with Crippen LogP contribution in [0, 0.1) is 0 Å². The average molecular weight is 308 g/mol. The van der Waals surface area contributed by atoms with Crippen LogP contribution in [0.2, 0.25) is 0 Å². The lowest BCUT2D eigenvalue weighted by Crippen LogP contribution is -2.53.